The molecule has 0 saturated carbocycles. The molecular formula is C22H26N4O5. The molecule has 0 aliphatic rings. The summed E-state index contributed by atoms with van der Waals surface area (Å²) in [5.41, 5.74) is 5.65. The fourth-order valence-electron chi connectivity index (χ4n) is 2.48. The smallest absolute Gasteiger partial charge is 0.329 e. The first-order chi connectivity index (χ1) is 14.8. The van der Waals surface area contributed by atoms with E-state index in [0.717, 1.165) is 11.1 Å². The van der Waals surface area contributed by atoms with Crippen LogP contribution in [0.5, 0.6) is 11.5 Å². The van der Waals surface area contributed by atoms with Gasteiger partial charge in [0.1, 0.15) is 0 Å². The third-order valence-corrected chi connectivity index (χ3v) is 4.23. The normalized spacial score (nSPS) is 10.5. The van der Waals surface area contributed by atoms with Crippen molar-refractivity contribution < 1.29 is 23.9 Å². The molecule has 2 aromatic carbocycles. The third kappa shape index (κ3) is 7.14. The largest absolute Gasteiger partial charge is 0.490 e. The third-order valence-electron chi connectivity index (χ3n) is 4.23. The summed E-state index contributed by atoms with van der Waals surface area (Å²) in [5.74, 6) is -1.16. The first-order valence-electron chi connectivity index (χ1n) is 9.66. The van der Waals surface area contributed by atoms with Crippen LogP contribution in [0, 0.1) is 13.8 Å². The molecule has 2 aromatic rings. The van der Waals surface area contributed by atoms with Crippen molar-refractivity contribution in [1.82, 2.24) is 10.7 Å². The van der Waals surface area contributed by atoms with Gasteiger partial charge < -0.3 is 20.1 Å². The number of hydrogen-bond acceptors (Lipinski definition) is 6. The van der Waals surface area contributed by atoms with Crippen molar-refractivity contribution in [3.63, 3.8) is 0 Å². The second-order valence-corrected chi connectivity index (χ2v) is 6.55. The topological polar surface area (TPSA) is 118 Å². The molecule has 3 N–H and O–H groups in total. The Hall–Kier alpha value is -3.88. The van der Waals surface area contributed by atoms with E-state index in [1.807, 2.05) is 39.0 Å². The van der Waals surface area contributed by atoms with E-state index in [2.05, 4.69) is 21.2 Å². The van der Waals surface area contributed by atoms with E-state index in [0.29, 0.717) is 29.4 Å². The van der Waals surface area contributed by atoms with Crippen LogP contribution in [0.1, 0.15) is 23.6 Å². The summed E-state index contributed by atoms with van der Waals surface area (Å²) < 4.78 is 11.2. The molecule has 0 heterocycles. The van der Waals surface area contributed by atoms with E-state index in [1.165, 1.54) is 13.3 Å². The summed E-state index contributed by atoms with van der Waals surface area (Å²) in [7, 11) is 1.35. The first kappa shape index (κ1) is 23.4. The maximum absolute atomic E-state index is 12.2. The number of anilines is 1. The Morgan fingerprint density at radius 2 is 1.74 bits per heavy atom. The van der Waals surface area contributed by atoms with Crippen LogP contribution in [0.2, 0.25) is 0 Å². The number of nitrogens with one attached hydrogen (secondary N) is 3. The Morgan fingerprint density at radius 3 is 2.42 bits per heavy atom. The van der Waals surface area contributed by atoms with E-state index in [9.17, 15) is 14.4 Å². The Bertz CT molecular complexity index is 988. The second kappa shape index (κ2) is 11.3. The number of amides is 3. The minimum atomic E-state index is -0.876. The number of likely N-dealkylation sites (N-methyl/N-ethyl adjacent to an activating group) is 1. The molecule has 0 aliphatic heterocycles. The van der Waals surface area contributed by atoms with Gasteiger partial charge in [-0.05, 0) is 67.8 Å². The van der Waals surface area contributed by atoms with Crippen LogP contribution in [-0.4, -0.2) is 44.2 Å². The molecule has 164 valence electrons. The molecule has 3 amide bonds. The SMILES string of the molecule is CCOc1cc(/C=N\NC(=O)C(=O)NC)ccc1OCC(=O)Nc1ccc(C)c(C)c1. The maximum Gasteiger partial charge on any atom is 0.329 e. The summed E-state index contributed by atoms with van der Waals surface area (Å²) in [6.45, 7) is 6.00. The summed E-state index contributed by atoms with van der Waals surface area (Å²) in [6.07, 6.45) is 1.36. The van der Waals surface area contributed by atoms with Gasteiger partial charge in [0.2, 0.25) is 0 Å². The van der Waals surface area contributed by atoms with Crippen LogP contribution in [0.15, 0.2) is 41.5 Å². The van der Waals surface area contributed by atoms with Crippen molar-refractivity contribution in [2.24, 2.45) is 5.10 Å². The summed E-state index contributed by atoms with van der Waals surface area (Å²) >= 11 is 0. The Morgan fingerprint density at radius 1 is 0.968 bits per heavy atom. The molecule has 2 rings (SSSR count). The van der Waals surface area contributed by atoms with Crippen LogP contribution in [0.4, 0.5) is 5.69 Å². The number of rotatable bonds is 8. The van der Waals surface area contributed by atoms with Crippen LogP contribution >= 0.6 is 0 Å². The first-order valence-corrected chi connectivity index (χ1v) is 9.66. The molecule has 0 unspecified atom stereocenters. The predicted octanol–water partition coefficient (Wildman–Crippen LogP) is 1.92. The zero-order valence-electron chi connectivity index (χ0n) is 17.9. The minimum Gasteiger partial charge on any atom is -0.490 e. The standard InChI is InChI=1S/C22H26N4O5/c1-5-30-19-11-16(12-24-26-22(29)21(28)23-4)7-9-18(19)31-13-20(27)25-17-8-6-14(2)15(3)10-17/h6-12H,5,13H2,1-4H3,(H,23,28)(H,25,27)(H,26,29)/b24-12-. The monoisotopic (exact) mass is 426 g/mol. The van der Waals surface area contributed by atoms with Crippen LogP contribution in [0.25, 0.3) is 0 Å². The number of hydrogen-bond donors (Lipinski definition) is 3. The maximum atomic E-state index is 12.2. The molecule has 0 aromatic heterocycles. The van der Waals surface area contributed by atoms with E-state index in [4.69, 9.17) is 9.47 Å². The molecule has 9 nitrogen and oxygen atoms in total. The molecule has 31 heavy (non-hydrogen) atoms. The lowest BCUT2D eigenvalue weighted by Crippen LogP contribution is -2.35. The molecule has 0 bridgehead atoms. The van der Waals surface area contributed by atoms with Crippen molar-refractivity contribution in [2.75, 3.05) is 25.6 Å². The predicted molar refractivity (Wildman–Crippen MR) is 117 cm³/mol. The second-order valence-electron chi connectivity index (χ2n) is 6.55. The van der Waals surface area contributed by atoms with Crippen LogP contribution in [0.3, 0.4) is 0 Å². The van der Waals surface area contributed by atoms with Gasteiger partial charge in [0.05, 0.1) is 12.8 Å². The molecule has 9 heteroatoms. The summed E-state index contributed by atoms with van der Waals surface area (Å²) in [6, 6.07) is 10.6. The van der Waals surface area contributed by atoms with Crippen LogP contribution < -0.4 is 25.5 Å². The number of carbonyl (C=O) groups is 3. The van der Waals surface area contributed by atoms with E-state index >= 15 is 0 Å². The zero-order valence-corrected chi connectivity index (χ0v) is 17.9. The zero-order chi connectivity index (χ0) is 22.8. The lowest BCUT2D eigenvalue weighted by molar-refractivity contribution is -0.138. The Kier molecular flexibility index (Phi) is 8.56. The molecule has 0 spiro atoms. The average molecular weight is 426 g/mol. The highest BCUT2D eigenvalue weighted by atomic mass is 16.5. The van der Waals surface area contributed by atoms with Gasteiger partial charge >= 0.3 is 11.8 Å². The van der Waals surface area contributed by atoms with Crippen LogP contribution in [-0.2, 0) is 14.4 Å². The van der Waals surface area contributed by atoms with Crippen molar-refractivity contribution in [3.8, 4) is 11.5 Å². The number of benzene rings is 2. The number of ether oxygens (including phenoxy) is 2. The Balaban J connectivity index is 2.00. The van der Waals surface area contributed by atoms with Crippen molar-refractivity contribution in [1.29, 1.82) is 0 Å². The quantitative estimate of drug-likeness (QED) is 0.339. The van der Waals surface area contributed by atoms with Gasteiger partial charge in [0.15, 0.2) is 18.1 Å². The van der Waals surface area contributed by atoms with Gasteiger partial charge in [-0.1, -0.05) is 6.07 Å². The molecule has 0 aliphatic carbocycles. The summed E-state index contributed by atoms with van der Waals surface area (Å²) in [5, 5.41) is 8.72. The lowest BCUT2D eigenvalue weighted by Gasteiger charge is -2.13. The van der Waals surface area contributed by atoms with Gasteiger partial charge in [-0.3, -0.25) is 14.4 Å². The highest BCUT2D eigenvalue weighted by Gasteiger charge is 2.11. The lowest BCUT2D eigenvalue weighted by atomic mass is 10.1. The van der Waals surface area contributed by atoms with Gasteiger partial charge in [-0.2, -0.15) is 5.10 Å². The number of hydrazone groups is 1. The average Bonchev–Trinajstić information content (AvgIpc) is 2.75. The van der Waals surface area contributed by atoms with Gasteiger partial charge in [-0.15, -0.1) is 0 Å². The fraction of sp³-hybridized carbons (Fsp3) is 0.273. The van der Waals surface area contributed by atoms with E-state index < -0.39 is 11.8 Å². The van der Waals surface area contributed by atoms with Gasteiger partial charge in [0, 0.05) is 12.7 Å². The highest BCUT2D eigenvalue weighted by molar-refractivity contribution is 6.35. The van der Waals surface area contributed by atoms with E-state index in [-0.39, 0.29) is 12.5 Å². The minimum absolute atomic E-state index is 0.192. The number of aryl methyl sites for hydroxylation is 2. The molecular weight excluding hydrogens is 400 g/mol. The number of nitrogens with zero attached hydrogens (tertiary/aromatic N) is 1. The molecule has 0 saturated heterocycles. The summed E-state index contributed by atoms with van der Waals surface area (Å²) in [4.78, 5) is 34.8. The molecule has 0 atom stereocenters. The van der Waals surface area contributed by atoms with Gasteiger partial charge in [0.25, 0.3) is 5.91 Å². The van der Waals surface area contributed by atoms with Crippen molar-refractivity contribution >= 4 is 29.6 Å². The van der Waals surface area contributed by atoms with Crippen molar-refractivity contribution in [2.45, 2.75) is 20.8 Å². The molecule has 0 fully saturated rings. The van der Waals surface area contributed by atoms with Crippen molar-refractivity contribution in [3.05, 3.63) is 53.1 Å². The van der Waals surface area contributed by atoms with Gasteiger partial charge in [-0.25, -0.2) is 5.43 Å². The fourth-order valence-corrected chi connectivity index (χ4v) is 2.48. The molecule has 0 radical (unpaired) electrons. The number of carbonyl (C=O) groups excluding carboxylic acids is 3. The highest BCUT2D eigenvalue weighted by Crippen LogP contribution is 2.28. The Labute approximate surface area is 180 Å². The van der Waals surface area contributed by atoms with E-state index in [1.54, 1.807) is 18.2 Å².